The Morgan fingerprint density at radius 1 is 1.50 bits per heavy atom. The predicted octanol–water partition coefficient (Wildman–Crippen LogP) is 2.55. The minimum absolute atomic E-state index is 0.396. The molecular formula is C13H19NO2. The van der Waals surface area contributed by atoms with Gasteiger partial charge in [0.05, 0.1) is 24.1 Å². The van der Waals surface area contributed by atoms with E-state index in [9.17, 15) is 5.11 Å². The van der Waals surface area contributed by atoms with Gasteiger partial charge in [0, 0.05) is 0 Å². The Hall–Kier alpha value is -1.09. The van der Waals surface area contributed by atoms with Crippen LogP contribution >= 0.6 is 0 Å². The third-order valence-electron chi connectivity index (χ3n) is 3.07. The van der Waals surface area contributed by atoms with Gasteiger partial charge in [-0.15, -0.1) is 0 Å². The zero-order valence-corrected chi connectivity index (χ0v) is 9.99. The lowest BCUT2D eigenvalue weighted by Gasteiger charge is -2.14. The van der Waals surface area contributed by atoms with Gasteiger partial charge in [0.2, 0.25) is 0 Å². The summed E-state index contributed by atoms with van der Waals surface area (Å²) in [5.41, 5.74) is 2.89. The van der Waals surface area contributed by atoms with Crippen molar-refractivity contribution in [2.75, 3.05) is 6.61 Å². The first-order valence-electron chi connectivity index (χ1n) is 6.03. The molecule has 1 aliphatic carbocycles. The van der Waals surface area contributed by atoms with Crippen molar-refractivity contribution in [2.24, 2.45) is 0 Å². The van der Waals surface area contributed by atoms with Gasteiger partial charge < -0.3 is 9.84 Å². The second-order valence-corrected chi connectivity index (χ2v) is 4.31. The van der Waals surface area contributed by atoms with Crippen LogP contribution < -0.4 is 4.74 Å². The maximum absolute atomic E-state index is 9.98. The van der Waals surface area contributed by atoms with Crippen molar-refractivity contribution in [3.8, 4) is 5.75 Å². The molecular weight excluding hydrogens is 202 g/mol. The van der Waals surface area contributed by atoms with E-state index < -0.39 is 6.10 Å². The van der Waals surface area contributed by atoms with Crippen LogP contribution in [0.2, 0.25) is 0 Å². The number of rotatable bonds is 2. The van der Waals surface area contributed by atoms with Crippen LogP contribution in [-0.4, -0.2) is 16.7 Å². The molecule has 0 saturated carbocycles. The Morgan fingerprint density at radius 3 is 3.06 bits per heavy atom. The number of nitrogens with zero attached hydrogens (tertiary/aromatic N) is 1. The van der Waals surface area contributed by atoms with Crippen LogP contribution in [0.1, 0.15) is 49.2 Å². The second kappa shape index (κ2) is 4.83. The fourth-order valence-electron chi connectivity index (χ4n) is 2.22. The number of aliphatic hydroxyl groups is 1. The van der Waals surface area contributed by atoms with Crippen LogP contribution in [0, 0.1) is 6.92 Å². The first kappa shape index (κ1) is 11.4. The summed E-state index contributed by atoms with van der Waals surface area (Å²) >= 11 is 0. The van der Waals surface area contributed by atoms with Crippen LogP contribution in [-0.2, 0) is 6.42 Å². The molecule has 3 nitrogen and oxygen atoms in total. The van der Waals surface area contributed by atoms with Crippen molar-refractivity contribution >= 4 is 0 Å². The molecule has 2 rings (SSSR count). The maximum Gasteiger partial charge on any atom is 0.140 e. The molecule has 0 bridgehead atoms. The number of fused-ring (bicyclic) bond motifs is 1. The van der Waals surface area contributed by atoms with Crippen LogP contribution in [0.3, 0.4) is 0 Å². The monoisotopic (exact) mass is 221 g/mol. The van der Waals surface area contributed by atoms with Gasteiger partial charge in [-0.05, 0) is 44.7 Å². The van der Waals surface area contributed by atoms with Crippen LogP contribution in [0.5, 0.6) is 5.75 Å². The highest BCUT2D eigenvalue weighted by molar-refractivity contribution is 5.36. The van der Waals surface area contributed by atoms with Crippen molar-refractivity contribution in [3.05, 3.63) is 23.0 Å². The molecule has 1 aromatic heterocycles. The van der Waals surface area contributed by atoms with Crippen molar-refractivity contribution in [1.82, 2.24) is 4.98 Å². The molecule has 1 unspecified atom stereocenters. The average molecular weight is 221 g/mol. The molecule has 1 heterocycles. The van der Waals surface area contributed by atoms with E-state index in [1.807, 2.05) is 13.8 Å². The van der Waals surface area contributed by atoms with E-state index >= 15 is 0 Å². The SMILES string of the molecule is CCOc1cc2c(nc1C)C(O)CCCC2. The Kier molecular flexibility index (Phi) is 3.44. The van der Waals surface area contributed by atoms with E-state index in [4.69, 9.17) is 4.74 Å². The molecule has 3 heteroatoms. The molecule has 0 spiro atoms. The zero-order chi connectivity index (χ0) is 11.5. The Morgan fingerprint density at radius 2 is 2.31 bits per heavy atom. The van der Waals surface area contributed by atoms with Crippen LogP contribution in [0.4, 0.5) is 0 Å². The minimum Gasteiger partial charge on any atom is -0.492 e. The number of ether oxygens (including phenoxy) is 1. The lowest BCUT2D eigenvalue weighted by Crippen LogP contribution is -2.06. The molecule has 0 aromatic carbocycles. The van der Waals surface area contributed by atoms with E-state index in [-0.39, 0.29) is 0 Å². The fraction of sp³-hybridized carbons (Fsp3) is 0.615. The smallest absolute Gasteiger partial charge is 0.140 e. The van der Waals surface area contributed by atoms with Crippen molar-refractivity contribution in [3.63, 3.8) is 0 Å². The number of hydrogen-bond donors (Lipinski definition) is 1. The van der Waals surface area contributed by atoms with Crippen molar-refractivity contribution < 1.29 is 9.84 Å². The summed E-state index contributed by atoms with van der Waals surface area (Å²) in [5.74, 6) is 0.857. The van der Waals surface area contributed by atoms with Gasteiger partial charge in [-0.1, -0.05) is 6.42 Å². The second-order valence-electron chi connectivity index (χ2n) is 4.31. The van der Waals surface area contributed by atoms with E-state index in [1.54, 1.807) is 0 Å². The summed E-state index contributed by atoms with van der Waals surface area (Å²) in [5, 5.41) is 9.98. The fourth-order valence-corrected chi connectivity index (χ4v) is 2.22. The number of pyridine rings is 1. The number of aliphatic hydroxyl groups excluding tert-OH is 1. The van der Waals surface area contributed by atoms with Gasteiger partial charge in [0.15, 0.2) is 0 Å². The lowest BCUT2D eigenvalue weighted by atomic mass is 10.1. The highest BCUT2D eigenvalue weighted by atomic mass is 16.5. The third-order valence-corrected chi connectivity index (χ3v) is 3.07. The summed E-state index contributed by atoms with van der Waals surface area (Å²) in [4.78, 5) is 4.50. The lowest BCUT2D eigenvalue weighted by molar-refractivity contribution is 0.161. The molecule has 1 N–H and O–H groups in total. The Labute approximate surface area is 96.5 Å². The maximum atomic E-state index is 9.98. The zero-order valence-electron chi connectivity index (χ0n) is 9.99. The topological polar surface area (TPSA) is 42.4 Å². The molecule has 1 aliphatic rings. The quantitative estimate of drug-likeness (QED) is 0.780. The van der Waals surface area contributed by atoms with Crippen LogP contribution in [0.25, 0.3) is 0 Å². The molecule has 16 heavy (non-hydrogen) atoms. The van der Waals surface area contributed by atoms with Gasteiger partial charge >= 0.3 is 0 Å². The normalized spacial score (nSPS) is 20.1. The van der Waals surface area contributed by atoms with Gasteiger partial charge in [-0.2, -0.15) is 0 Å². The highest BCUT2D eigenvalue weighted by Crippen LogP contribution is 2.30. The molecule has 0 amide bonds. The first-order valence-corrected chi connectivity index (χ1v) is 6.03. The highest BCUT2D eigenvalue weighted by Gasteiger charge is 2.19. The first-order chi connectivity index (χ1) is 7.72. The molecule has 0 aliphatic heterocycles. The standard InChI is InChI=1S/C13H19NO2/c1-3-16-12-8-10-6-4-5-7-11(15)13(10)14-9(12)2/h8,11,15H,3-7H2,1-2H3. The molecule has 88 valence electrons. The number of aryl methyl sites for hydroxylation is 2. The Bertz CT molecular complexity index is 376. The molecule has 1 aromatic rings. The summed E-state index contributed by atoms with van der Waals surface area (Å²) in [7, 11) is 0. The van der Waals surface area contributed by atoms with Gasteiger partial charge in [-0.3, -0.25) is 4.98 Å². The van der Waals surface area contributed by atoms with E-state index in [2.05, 4.69) is 11.1 Å². The third kappa shape index (κ3) is 2.19. The van der Waals surface area contributed by atoms with Gasteiger partial charge in [0.25, 0.3) is 0 Å². The number of aromatic nitrogens is 1. The molecule has 1 atom stereocenters. The molecule has 0 saturated heterocycles. The number of hydrogen-bond acceptors (Lipinski definition) is 3. The molecule has 0 radical (unpaired) electrons. The van der Waals surface area contributed by atoms with Crippen molar-refractivity contribution in [1.29, 1.82) is 0 Å². The average Bonchev–Trinajstić information content (AvgIpc) is 2.43. The van der Waals surface area contributed by atoms with Crippen LogP contribution in [0.15, 0.2) is 6.07 Å². The van der Waals surface area contributed by atoms with E-state index in [0.717, 1.165) is 48.4 Å². The van der Waals surface area contributed by atoms with Gasteiger partial charge in [0.1, 0.15) is 5.75 Å². The summed E-state index contributed by atoms with van der Waals surface area (Å²) < 4.78 is 5.53. The van der Waals surface area contributed by atoms with E-state index in [0.29, 0.717) is 6.61 Å². The minimum atomic E-state index is -0.396. The largest absolute Gasteiger partial charge is 0.492 e. The van der Waals surface area contributed by atoms with Gasteiger partial charge in [-0.25, -0.2) is 0 Å². The summed E-state index contributed by atoms with van der Waals surface area (Å²) in [6.07, 6.45) is 3.63. The molecule has 0 fully saturated rings. The Balaban J connectivity index is 2.40. The summed E-state index contributed by atoms with van der Waals surface area (Å²) in [6, 6.07) is 2.05. The predicted molar refractivity (Wildman–Crippen MR) is 62.7 cm³/mol. The van der Waals surface area contributed by atoms with Crippen molar-refractivity contribution in [2.45, 2.75) is 45.6 Å². The summed E-state index contributed by atoms with van der Waals surface area (Å²) in [6.45, 7) is 4.56. The van der Waals surface area contributed by atoms with E-state index in [1.165, 1.54) is 0 Å².